The Bertz CT molecular complexity index is 1720. The van der Waals surface area contributed by atoms with Crippen LogP contribution in [0.3, 0.4) is 0 Å². The Morgan fingerprint density at radius 2 is 1.22 bits per heavy atom. The average molecular weight is 654 g/mol. The summed E-state index contributed by atoms with van der Waals surface area (Å²) in [6, 6.07) is 4.73. The molecule has 0 aliphatic carbocycles. The number of carboxylic acid groups (broad SMARTS) is 2. The number of hydrogen-bond donors (Lipinski definition) is 11. The second-order valence-electron chi connectivity index (χ2n) is 10.3. The number of phenolic OH excluding ortho intramolecular Hbond substituents is 3. The van der Waals surface area contributed by atoms with E-state index in [0.717, 1.165) is 30.3 Å². The molecule has 10 atom stereocenters. The Balaban J connectivity index is 1.67. The van der Waals surface area contributed by atoms with E-state index in [0.29, 0.717) is 0 Å². The van der Waals surface area contributed by atoms with Crippen molar-refractivity contribution in [1.82, 2.24) is 0 Å². The number of benzene rings is 2. The number of carboxylic acids is 2. The summed E-state index contributed by atoms with van der Waals surface area (Å²) in [5.74, 6) is -7.61. The molecule has 2 fully saturated rings. The molecule has 0 amide bonds. The van der Waals surface area contributed by atoms with Gasteiger partial charge in [0.1, 0.15) is 59.1 Å². The first kappa shape index (κ1) is 32.7. The highest BCUT2D eigenvalue weighted by atomic mass is 16.7. The first-order valence-corrected chi connectivity index (χ1v) is 13.1. The van der Waals surface area contributed by atoms with E-state index in [9.17, 15) is 70.6 Å². The lowest BCUT2D eigenvalue weighted by Gasteiger charge is -2.38. The zero-order chi connectivity index (χ0) is 33.8. The molecule has 2 aliphatic heterocycles. The molecule has 0 saturated carbocycles. The highest BCUT2D eigenvalue weighted by molar-refractivity contribution is 5.89. The fourth-order valence-corrected chi connectivity index (χ4v) is 4.85. The van der Waals surface area contributed by atoms with Crippen molar-refractivity contribution >= 4 is 22.9 Å². The number of aromatic hydroxyl groups is 3. The number of ether oxygens (including phenoxy) is 4. The summed E-state index contributed by atoms with van der Waals surface area (Å²) in [5.41, 5.74) is -1.90. The van der Waals surface area contributed by atoms with Gasteiger partial charge in [-0.3, -0.25) is 4.79 Å². The van der Waals surface area contributed by atoms with Crippen LogP contribution in [0.1, 0.15) is 0 Å². The van der Waals surface area contributed by atoms with Gasteiger partial charge >= 0.3 is 11.9 Å². The predicted octanol–water partition coefficient (Wildman–Crippen LogP) is -2.88. The third-order valence-electron chi connectivity index (χ3n) is 7.24. The standard InChI is InChI=1S/C27H26O19/c28-7-4-10-12(11(5-7)43-26-18(36)14(32)16(34)22(45-26)24(38)39)13(31)21(20(42-10)6-1-2-8(29)9(30)3-6)44-27-19(37)15(33)17(35)23(46-27)25(40)41/h1-5,14-19,22-23,26-30,32-37H,(H,38,39)(H,40,41)/t14-,15-,16-,17-,18+,19+,22-,23-,26?,27?/m0/s1. The van der Waals surface area contributed by atoms with Crippen molar-refractivity contribution in [3.63, 3.8) is 0 Å². The monoisotopic (exact) mass is 654 g/mol. The van der Waals surface area contributed by atoms with Crippen molar-refractivity contribution in [3.05, 3.63) is 40.6 Å². The maximum absolute atomic E-state index is 14.0. The third kappa shape index (κ3) is 5.72. The van der Waals surface area contributed by atoms with Crippen molar-refractivity contribution in [1.29, 1.82) is 0 Å². The highest BCUT2D eigenvalue weighted by Crippen LogP contribution is 2.40. The van der Waals surface area contributed by atoms with Gasteiger partial charge in [-0.2, -0.15) is 0 Å². The van der Waals surface area contributed by atoms with Gasteiger partial charge in [-0.05, 0) is 18.2 Å². The molecule has 1 aromatic heterocycles. The molecular weight excluding hydrogens is 628 g/mol. The van der Waals surface area contributed by atoms with E-state index < -0.39 is 124 Å². The lowest BCUT2D eigenvalue weighted by atomic mass is 9.99. The molecule has 2 saturated heterocycles. The number of hydrogen-bond acceptors (Lipinski definition) is 17. The Kier molecular flexibility index (Phi) is 8.68. The molecule has 2 aliphatic rings. The molecule has 3 heterocycles. The fraction of sp³-hybridized carbons (Fsp3) is 0.370. The van der Waals surface area contributed by atoms with Crippen LogP contribution in [-0.2, 0) is 19.1 Å². The van der Waals surface area contributed by atoms with Crippen LogP contribution < -0.4 is 14.9 Å². The van der Waals surface area contributed by atoms with Gasteiger partial charge < -0.3 is 79.5 Å². The maximum Gasteiger partial charge on any atom is 0.335 e. The zero-order valence-electron chi connectivity index (χ0n) is 22.8. The summed E-state index contributed by atoms with van der Waals surface area (Å²) in [7, 11) is 0. The molecule has 46 heavy (non-hydrogen) atoms. The molecule has 0 bridgehead atoms. The Hall–Kier alpha value is -4.73. The summed E-state index contributed by atoms with van der Waals surface area (Å²) in [6.45, 7) is 0. The molecule has 0 spiro atoms. The molecule has 5 rings (SSSR count). The molecule has 11 N–H and O–H groups in total. The number of carbonyl (C=O) groups is 2. The molecule has 19 nitrogen and oxygen atoms in total. The van der Waals surface area contributed by atoms with E-state index in [4.69, 9.17) is 23.4 Å². The number of phenols is 3. The largest absolute Gasteiger partial charge is 0.508 e. The second kappa shape index (κ2) is 12.2. The van der Waals surface area contributed by atoms with Gasteiger partial charge in [0.2, 0.25) is 23.8 Å². The second-order valence-corrected chi connectivity index (χ2v) is 10.3. The SMILES string of the molecule is O=C(O)[C@H]1OC(Oc2c(-c3ccc(O)c(O)c3)oc3cc(O)cc(OC4O[C@H](C(=O)O)[C@@H](O)[C@H](O)[C@H]4O)c3c2=O)[C@H](O)[C@@H](O)[C@@H]1O. The van der Waals surface area contributed by atoms with Crippen LogP contribution in [0.5, 0.6) is 28.7 Å². The number of aliphatic carboxylic acids is 2. The number of aliphatic hydroxyl groups excluding tert-OH is 6. The summed E-state index contributed by atoms with van der Waals surface area (Å²) in [4.78, 5) is 37.2. The van der Waals surface area contributed by atoms with E-state index in [1.165, 1.54) is 0 Å². The Labute approximate surface area is 254 Å². The molecule has 2 unspecified atom stereocenters. The van der Waals surface area contributed by atoms with Crippen LogP contribution in [0.4, 0.5) is 0 Å². The number of aliphatic hydroxyl groups is 6. The first-order chi connectivity index (χ1) is 21.6. The van der Waals surface area contributed by atoms with Gasteiger partial charge in [0.05, 0.1) is 0 Å². The zero-order valence-corrected chi connectivity index (χ0v) is 22.8. The summed E-state index contributed by atoms with van der Waals surface area (Å²) in [6.07, 6.45) is -21.2. The normalized spacial score (nSPS) is 31.3. The maximum atomic E-state index is 14.0. The quantitative estimate of drug-likeness (QED) is 0.114. The lowest BCUT2D eigenvalue weighted by Crippen LogP contribution is -2.61. The van der Waals surface area contributed by atoms with Crippen LogP contribution in [0.25, 0.3) is 22.3 Å². The molecule has 248 valence electrons. The average Bonchev–Trinajstić information content (AvgIpc) is 2.99. The van der Waals surface area contributed by atoms with E-state index in [1.54, 1.807) is 0 Å². The molecule has 0 radical (unpaired) electrons. The van der Waals surface area contributed by atoms with Gasteiger partial charge in [-0.15, -0.1) is 0 Å². The van der Waals surface area contributed by atoms with Crippen LogP contribution >= 0.6 is 0 Å². The van der Waals surface area contributed by atoms with Gasteiger partial charge in [0.15, 0.2) is 29.5 Å². The van der Waals surface area contributed by atoms with Gasteiger partial charge in [-0.25, -0.2) is 9.59 Å². The van der Waals surface area contributed by atoms with Crippen molar-refractivity contribution in [2.24, 2.45) is 0 Å². The minimum atomic E-state index is -2.16. The van der Waals surface area contributed by atoms with Crippen LogP contribution in [0.2, 0.25) is 0 Å². The van der Waals surface area contributed by atoms with E-state index in [1.807, 2.05) is 0 Å². The smallest absolute Gasteiger partial charge is 0.335 e. The molecular formula is C27H26O19. The molecule has 19 heteroatoms. The van der Waals surface area contributed by atoms with Gasteiger partial charge in [0, 0.05) is 17.7 Å². The Morgan fingerprint density at radius 3 is 1.74 bits per heavy atom. The third-order valence-corrected chi connectivity index (χ3v) is 7.24. The van der Waals surface area contributed by atoms with Crippen molar-refractivity contribution < 1.29 is 89.1 Å². The fourth-order valence-electron chi connectivity index (χ4n) is 4.85. The highest BCUT2D eigenvalue weighted by Gasteiger charge is 2.50. The van der Waals surface area contributed by atoms with E-state index in [-0.39, 0.29) is 5.56 Å². The van der Waals surface area contributed by atoms with E-state index in [2.05, 4.69) is 0 Å². The first-order valence-electron chi connectivity index (χ1n) is 13.1. The van der Waals surface area contributed by atoms with Crippen molar-refractivity contribution in [2.75, 3.05) is 0 Å². The molecule has 3 aromatic rings. The van der Waals surface area contributed by atoms with Crippen LogP contribution in [0, 0.1) is 0 Å². The van der Waals surface area contributed by atoms with Crippen molar-refractivity contribution in [2.45, 2.75) is 61.4 Å². The Morgan fingerprint density at radius 1 is 0.674 bits per heavy atom. The predicted molar refractivity (Wildman–Crippen MR) is 143 cm³/mol. The van der Waals surface area contributed by atoms with Crippen LogP contribution in [0.15, 0.2) is 39.5 Å². The molecule has 2 aromatic carbocycles. The summed E-state index contributed by atoms with van der Waals surface area (Å²) < 4.78 is 27.0. The van der Waals surface area contributed by atoms with Crippen molar-refractivity contribution in [3.8, 4) is 40.1 Å². The number of rotatable bonds is 7. The van der Waals surface area contributed by atoms with E-state index >= 15 is 0 Å². The van der Waals surface area contributed by atoms with Gasteiger partial charge in [0.25, 0.3) is 0 Å². The summed E-state index contributed by atoms with van der Waals surface area (Å²) >= 11 is 0. The minimum absolute atomic E-state index is 0.178. The minimum Gasteiger partial charge on any atom is -0.508 e. The van der Waals surface area contributed by atoms with Gasteiger partial charge in [-0.1, -0.05) is 0 Å². The number of fused-ring (bicyclic) bond motifs is 1. The lowest BCUT2D eigenvalue weighted by molar-refractivity contribution is -0.271. The topological polar surface area (TPSA) is 324 Å². The summed E-state index contributed by atoms with van der Waals surface area (Å²) in [5, 5.41) is 110. The van der Waals surface area contributed by atoms with Crippen LogP contribution in [-0.4, -0.2) is 130 Å².